The zero-order valence-corrected chi connectivity index (χ0v) is 21.8. The van der Waals surface area contributed by atoms with E-state index in [2.05, 4.69) is 0 Å². The maximum absolute atomic E-state index is 13.7. The van der Waals surface area contributed by atoms with Crippen LogP contribution in [0.1, 0.15) is 13.8 Å². The summed E-state index contributed by atoms with van der Waals surface area (Å²) >= 11 is 0. The average molecular weight is 579 g/mol. The number of hydrogen-bond donors (Lipinski definition) is 8. The lowest BCUT2D eigenvalue weighted by molar-refractivity contribution is -0.268. The molecule has 8 N–H and O–H groups in total. The number of hydrogen-bond acceptors (Lipinski definition) is 14. The van der Waals surface area contributed by atoms with Crippen LogP contribution in [-0.2, 0) is 9.47 Å². The second-order valence-corrected chi connectivity index (χ2v) is 10.1. The molecule has 0 spiro atoms. The minimum atomic E-state index is -1.76. The molecule has 0 radical (unpaired) electrons. The zero-order chi connectivity index (χ0) is 29.7. The van der Waals surface area contributed by atoms with Crippen LogP contribution in [0, 0.1) is 0 Å². The van der Waals surface area contributed by atoms with E-state index in [1.165, 1.54) is 44.2 Å². The first-order valence-electron chi connectivity index (χ1n) is 12.7. The van der Waals surface area contributed by atoms with Crippen molar-refractivity contribution in [3.8, 4) is 34.3 Å². The van der Waals surface area contributed by atoms with E-state index in [4.69, 9.17) is 23.4 Å². The van der Waals surface area contributed by atoms with Crippen molar-refractivity contribution in [1.82, 2.24) is 0 Å². The molecule has 2 aliphatic heterocycles. The van der Waals surface area contributed by atoms with Gasteiger partial charge in [-0.2, -0.15) is 0 Å². The lowest BCUT2D eigenvalue weighted by atomic mass is 10.00. The third-order valence-corrected chi connectivity index (χ3v) is 7.14. The van der Waals surface area contributed by atoms with E-state index < -0.39 is 78.3 Å². The summed E-state index contributed by atoms with van der Waals surface area (Å²) in [4.78, 5) is 13.7. The molecule has 1 aromatic heterocycles. The van der Waals surface area contributed by atoms with Crippen LogP contribution in [0.15, 0.2) is 45.6 Å². The second kappa shape index (κ2) is 11.1. The molecule has 3 aromatic rings. The Morgan fingerprint density at radius 3 is 1.80 bits per heavy atom. The Bertz CT molecular complexity index is 1460. The highest BCUT2D eigenvalue weighted by Gasteiger charge is 2.45. The first-order valence-corrected chi connectivity index (χ1v) is 12.7. The molecule has 14 nitrogen and oxygen atoms in total. The van der Waals surface area contributed by atoms with Crippen molar-refractivity contribution in [3.05, 3.63) is 46.6 Å². The molecule has 2 aromatic carbocycles. The molecule has 2 fully saturated rings. The summed E-state index contributed by atoms with van der Waals surface area (Å²) in [6.07, 6.45) is -14.3. The van der Waals surface area contributed by atoms with Crippen molar-refractivity contribution in [2.45, 2.75) is 75.3 Å². The molecule has 3 heterocycles. The number of rotatable bonds is 5. The highest BCUT2D eigenvalue weighted by atomic mass is 16.7. The molecule has 2 aliphatic rings. The van der Waals surface area contributed by atoms with Gasteiger partial charge in [0.25, 0.3) is 0 Å². The van der Waals surface area contributed by atoms with Crippen molar-refractivity contribution in [1.29, 1.82) is 0 Å². The molecule has 2 saturated heterocycles. The standard InChI is InChI=1S/C27H30O14/c1-9-17(30)20(33)22(35)26(37-9)39-13-7-14(29)16-15(8-13)40-24(11-3-5-12(28)6-4-11)25(19(16)32)41-27-23(36)21(34)18(31)10(2)38-27/h3-10,17-18,20-23,26-31,33-36H,1-2H3/t9-,10-,17-,18-,20+,21+,22-,23-,26+,27+/m0/s1. The summed E-state index contributed by atoms with van der Waals surface area (Å²) in [5.41, 5.74) is -0.865. The number of phenolic OH excluding ortho intramolecular Hbond substituents is 2. The van der Waals surface area contributed by atoms with Crippen molar-refractivity contribution in [3.63, 3.8) is 0 Å². The molecular formula is C27H30O14. The maximum Gasteiger partial charge on any atom is 0.239 e. The van der Waals surface area contributed by atoms with E-state index in [0.29, 0.717) is 0 Å². The Morgan fingerprint density at radius 2 is 1.24 bits per heavy atom. The molecule has 0 aliphatic carbocycles. The largest absolute Gasteiger partial charge is 0.508 e. The Labute approximate surface area is 231 Å². The van der Waals surface area contributed by atoms with Gasteiger partial charge < -0.3 is 64.2 Å². The minimum Gasteiger partial charge on any atom is -0.508 e. The first kappa shape index (κ1) is 29.0. The molecule has 0 amide bonds. The number of benzene rings is 2. The molecule has 14 heteroatoms. The van der Waals surface area contributed by atoms with E-state index in [0.717, 1.165) is 6.07 Å². The summed E-state index contributed by atoms with van der Waals surface area (Å²) in [6.45, 7) is 2.90. The monoisotopic (exact) mass is 578 g/mol. The van der Waals surface area contributed by atoms with Gasteiger partial charge >= 0.3 is 0 Å². The van der Waals surface area contributed by atoms with Crippen molar-refractivity contribution in [2.24, 2.45) is 0 Å². The van der Waals surface area contributed by atoms with E-state index >= 15 is 0 Å². The third kappa shape index (κ3) is 5.31. The Kier molecular flexibility index (Phi) is 7.84. The van der Waals surface area contributed by atoms with E-state index in [1.807, 2.05) is 0 Å². The van der Waals surface area contributed by atoms with Gasteiger partial charge in [0.05, 0.1) is 12.2 Å². The van der Waals surface area contributed by atoms with E-state index in [9.17, 15) is 45.6 Å². The smallest absolute Gasteiger partial charge is 0.239 e. The fourth-order valence-corrected chi connectivity index (χ4v) is 4.71. The molecule has 0 saturated carbocycles. The summed E-state index contributed by atoms with van der Waals surface area (Å²) in [7, 11) is 0. The second-order valence-electron chi connectivity index (χ2n) is 10.1. The quantitative estimate of drug-likeness (QED) is 0.187. The van der Waals surface area contributed by atoms with Gasteiger partial charge in [-0.15, -0.1) is 0 Å². The summed E-state index contributed by atoms with van der Waals surface area (Å²) < 4.78 is 28.2. The van der Waals surface area contributed by atoms with Gasteiger partial charge in [-0.3, -0.25) is 4.79 Å². The van der Waals surface area contributed by atoms with E-state index in [-0.39, 0.29) is 33.8 Å². The van der Waals surface area contributed by atoms with Crippen molar-refractivity contribution in [2.75, 3.05) is 0 Å². The Balaban J connectivity index is 1.58. The lowest BCUT2D eigenvalue weighted by Crippen LogP contribution is -2.58. The van der Waals surface area contributed by atoms with Gasteiger partial charge in [0, 0.05) is 17.7 Å². The Hall–Kier alpha value is -3.47. The predicted octanol–water partition coefficient (Wildman–Crippen LogP) is -0.716. The summed E-state index contributed by atoms with van der Waals surface area (Å²) in [5, 5.41) is 81.1. The fraction of sp³-hybridized carbons (Fsp3) is 0.444. The number of phenols is 2. The number of fused-ring (bicyclic) bond motifs is 1. The van der Waals surface area contributed by atoms with Gasteiger partial charge in [-0.05, 0) is 38.1 Å². The SMILES string of the molecule is C[C@@H]1O[C@H](Oc2cc(O)c3c(=O)c(O[C@H]4O[C@@H](C)[C@H](O)[C@@H](O)[C@@H]4O)c(-c4ccc(O)cc4)oc3c2)[C@@H](O)[C@H](O)[C@H]1O. The van der Waals surface area contributed by atoms with E-state index in [1.54, 1.807) is 0 Å². The molecule has 41 heavy (non-hydrogen) atoms. The number of aromatic hydroxyl groups is 2. The summed E-state index contributed by atoms with van der Waals surface area (Å²) in [5.74, 6) is -1.55. The molecule has 5 rings (SSSR count). The number of ether oxygens (including phenoxy) is 4. The van der Waals surface area contributed by atoms with Crippen LogP contribution in [0.5, 0.6) is 23.0 Å². The molecule has 10 atom stereocenters. The van der Waals surface area contributed by atoms with Crippen LogP contribution in [0.2, 0.25) is 0 Å². The zero-order valence-electron chi connectivity index (χ0n) is 21.8. The minimum absolute atomic E-state index is 0.0859. The van der Waals surface area contributed by atoms with Gasteiger partial charge in [0.2, 0.25) is 23.8 Å². The van der Waals surface area contributed by atoms with Crippen LogP contribution in [-0.4, -0.2) is 102 Å². The molecule has 0 unspecified atom stereocenters. The van der Waals surface area contributed by atoms with Crippen LogP contribution in [0.25, 0.3) is 22.3 Å². The average Bonchev–Trinajstić information content (AvgIpc) is 2.93. The predicted molar refractivity (Wildman–Crippen MR) is 137 cm³/mol. The molecule has 222 valence electrons. The van der Waals surface area contributed by atoms with Crippen LogP contribution in [0.3, 0.4) is 0 Å². The van der Waals surface area contributed by atoms with Crippen molar-refractivity contribution < 1.29 is 64.2 Å². The lowest BCUT2D eigenvalue weighted by Gasteiger charge is -2.39. The molecular weight excluding hydrogens is 548 g/mol. The van der Waals surface area contributed by atoms with Crippen LogP contribution in [0.4, 0.5) is 0 Å². The van der Waals surface area contributed by atoms with Crippen molar-refractivity contribution >= 4 is 11.0 Å². The normalized spacial score (nSPS) is 34.0. The first-order chi connectivity index (χ1) is 19.4. The van der Waals surface area contributed by atoms with Crippen LogP contribution >= 0.6 is 0 Å². The fourth-order valence-electron chi connectivity index (χ4n) is 4.71. The van der Waals surface area contributed by atoms with Gasteiger partial charge in [-0.1, -0.05) is 0 Å². The maximum atomic E-state index is 13.7. The number of aliphatic hydroxyl groups excluding tert-OH is 6. The highest BCUT2D eigenvalue weighted by Crippen LogP contribution is 2.38. The van der Waals surface area contributed by atoms with Gasteiger partial charge in [-0.25, -0.2) is 0 Å². The topological polar surface area (TPSA) is 229 Å². The van der Waals surface area contributed by atoms with Gasteiger partial charge in [0.1, 0.15) is 64.8 Å². The molecule has 0 bridgehead atoms. The Morgan fingerprint density at radius 1 is 0.707 bits per heavy atom. The number of aliphatic hydroxyl groups is 6. The van der Waals surface area contributed by atoms with Gasteiger partial charge in [0.15, 0.2) is 5.76 Å². The summed E-state index contributed by atoms with van der Waals surface area (Å²) in [6, 6.07) is 7.71. The van der Waals surface area contributed by atoms with Crippen LogP contribution < -0.4 is 14.9 Å². The third-order valence-electron chi connectivity index (χ3n) is 7.14. The highest BCUT2D eigenvalue weighted by molar-refractivity contribution is 5.88.